The van der Waals surface area contributed by atoms with Gasteiger partial charge in [0.1, 0.15) is 0 Å². The van der Waals surface area contributed by atoms with Gasteiger partial charge in [0.25, 0.3) is 0 Å². The smallest absolute Gasteiger partial charge is 0.303 e. The Morgan fingerprint density at radius 2 is 1.58 bits per heavy atom. The van der Waals surface area contributed by atoms with Crippen molar-refractivity contribution in [2.75, 3.05) is 6.61 Å². The van der Waals surface area contributed by atoms with Crippen LogP contribution >= 0.6 is 0 Å². The summed E-state index contributed by atoms with van der Waals surface area (Å²) in [6, 6.07) is 0. The van der Waals surface area contributed by atoms with Crippen molar-refractivity contribution >= 4 is 34.2 Å². The molecule has 0 bridgehead atoms. The van der Waals surface area contributed by atoms with Gasteiger partial charge in [-0.1, -0.05) is 13.8 Å². The van der Waals surface area contributed by atoms with Gasteiger partial charge in [-0.25, -0.2) is 0 Å². The number of carbonyl (C=O) groups is 3. The summed E-state index contributed by atoms with van der Waals surface area (Å²) in [5, 5.41) is 0. The summed E-state index contributed by atoms with van der Waals surface area (Å²) in [5.41, 5.74) is -1.03. The van der Waals surface area contributed by atoms with Gasteiger partial charge in [-0.05, 0) is 120 Å². The highest BCUT2D eigenvalue weighted by Crippen LogP contribution is 2.70. The molecule has 38 heavy (non-hydrogen) atoms. The van der Waals surface area contributed by atoms with Gasteiger partial charge in [-0.2, -0.15) is 0 Å². The second-order valence-electron chi connectivity index (χ2n) is 15.2. The second kappa shape index (κ2) is 9.49. The first-order valence-corrected chi connectivity index (χ1v) is 21.4. The lowest BCUT2D eigenvalue weighted by molar-refractivity contribution is -0.192. The topological polar surface area (TPSA) is 78.9 Å². The lowest BCUT2D eigenvalue weighted by Gasteiger charge is -2.63. The van der Waals surface area contributed by atoms with Crippen molar-refractivity contribution in [3.8, 4) is 0 Å². The first-order valence-electron chi connectivity index (χ1n) is 14.6. The number of hydrogen-bond donors (Lipinski definition) is 0. The number of fused-ring (bicyclic) bond motifs is 5. The third kappa shape index (κ3) is 4.96. The minimum atomic E-state index is -1.94. The summed E-state index contributed by atoms with van der Waals surface area (Å²) in [5.74, 6) is 0.717. The van der Waals surface area contributed by atoms with Crippen LogP contribution in [0.25, 0.3) is 0 Å². The fraction of sp³-hybridized carbons (Fsp3) is 0.833. The fourth-order valence-corrected chi connectivity index (χ4v) is 11.2. The zero-order valence-corrected chi connectivity index (χ0v) is 27.4. The average Bonchev–Trinajstić information content (AvgIpc) is 3.04. The van der Waals surface area contributed by atoms with Gasteiger partial charge in [0.05, 0.1) is 12.2 Å². The Balaban J connectivity index is 1.77. The third-order valence-corrected chi connectivity index (χ3v) is 12.4. The molecule has 7 unspecified atom stereocenters. The Kier molecular flexibility index (Phi) is 7.46. The van der Waals surface area contributed by atoms with Crippen LogP contribution in [-0.2, 0) is 28.0 Å². The Labute approximate surface area is 231 Å². The van der Waals surface area contributed by atoms with Gasteiger partial charge in [0, 0.05) is 18.8 Å². The Hall–Kier alpha value is -1.10. The predicted octanol–water partition coefficient (Wildman–Crippen LogP) is 6.46. The van der Waals surface area contributed by atoms with Gasteiger partial charge in [-0.3, -0.25) is 14.4 Å². The molecule has 0 aromatic carbocycles. The van der Waals surface area contributed by atoms with E-state index >= 15 is 0 Å². The summed E-state index contributed by atoms with van der Waals surface area (Å²) in [6.45, 7) is 21.1. The van der Waals surface area contributed by atoms with Crippen LogP contribution in [0.5, 0.6) is 0 Å². The molecule has 0 aromatic heterocycles. The molecule has 3 saturated carbocycles. The van der Waals surface area contributed by atoms with E-state index in [2.05, 4.69) is 60.1 Å². The van der Waals surface area contributed by atoms with Crippen LogP contribution in [0.4, 0.5) is 0 Å². The van der Waals surface area contributed by atoms with Crippen molar-refractivity contribution < 1.29 is 28.0 Å². The van der Waals surface area contributed by atoms with E-state index in [9.17, 15) is 14.4 Å². The highest BCUT2D eigenvalue weighted by atomic mass is 28.4. The summed E-state index contributed by atoms with van der Waals surface area (Å²) in [6.07, 6.45) is 7.37. The molecule has 0 aromatic rings. The fourth-order valence-electron chi connectivity index (χ4n) is 9.08. The van der Waals surface area contributed by atoms with Crippen LogP contribution in [0, 0.1) is 28.6 Å². The molecule has 0 radical (unpaired) electrons. The minimum absolute atomic E-state index is 0.00255. The molecule has 0 spiro atoms. The molecule has 4 aliphatic rings. The van der Waals surface area contributed by atoms with Gasteiger partial charge >= 0.3 is 5.97 Å². The van der Waals surface area contributed by atoms with Crippen LogP contribution in [0.15, 0.2) is 11.6 Å². The maximum Gasteiger partial charge on any atom is 0.303 e. The van der Waals surface area contributed by atoms with E-state index in [0.717, 1.165) is 32.1 Å². The van der Waals surface area contributed by atoms with E-state index in [-0.39, 0.29) is 29.5 Å². The van der Waals surface area contributed by atoms with E-state index in [1.807, 2.05) is 6.08 Å². The molecule has 3 fully saturated rings. The molecule has 0 amide bonds. The van der Waals surface area contributed by atoms with Crippen molar-refractivity contribution in [3.05, 3.63) is 11.6 Å². The molecule has 8 heteroatoms. The number of rotatable bonds is 7. The monoisotopic (exact) mass is 562 g/mol. The number of ether oxygens (including phenoxy) is 1. The summed E-state index contributed by atoms with van der Waals surface area (Å²) in [7, 11) is -3.87. The molecule has 214 valence electrons. The van der Waals surface area contributed by atoms with E-state index in [0.29, 0.717) is 24.7 Å². The van der Waals surface area contributed by atoms with Gasteiger partial charge in [0.2, 0.25) is 5.78 Å². The minimum Gasteiger partial charge on any atom is -0.451 e. The first-order chi connectivity index (χ1) is 17.3. The zero-order valence-electron chi connectivity index (χ0n) is 25.4. The molecule has 4 rings (SSSR count). The Bertz CT molecular complexity index is 1040. The molecular formula is C30H50O6Si2. The summed E-state index contributed by atoms with van der Waals surface area (Å²) in [4.78, 5) is 39.1. The molecule has 0 saturated heterocycles. The average molecular weight is 563 g/mol. The number of esters is 1. The quantitative estimate of drug-likeness (QED) is 0.262. The molecule has 0 N–H and O–H groups in total. The summed E-state index contributed by atoms with van der Waals surface area (Å²) < 4.78 is 19.2. The lowest BCUT2D eigenvalue weighted by atomic mass is 9.44. The normalized spacial score (nSPS) is 41.1. The SMILES string of the molecule is CC(=O)OC1(C(=O)CO[Si](C)(C)C)CCC2C3CC(C)(O[Si](C)(C)C)C4=CC(=O)CCC4(C)C3CCC21C. The highest BCUT2D eigenvalue weighted by molar-refractivity contribution is 6.70. The van der Waals surface area contributed by atoms with Crippen molar-refractivity contribution in [1.29, 1.82) is 0 Å². The maximum absolute atomic E-state index is 14.0. The van der Waals surface area contributed by atoms with Gasteiger partial charge < -0.3 is 13.6 Å². The Morgan fingerprint density at radius 1 is 0.947 bits per heavy atom. The highest BCUT2D eigenvalue weighted by Gasteiger charge is 2.70. The molecule has 6 nitrogen and oxygen atoms in total. The second-order valence-corrected chi connectivity index (χ2v) is 24.2. The standard InChI is InChI=1S/C30H50O6Si2/c1-20(31)35-30(26(33)19-34-37(5,6)7)16-13-24-22-18-29(4,36-38(8,9)10)25-17-21(32)11-14-27(25,2)23(22)12-15-28(24,30)3/h17,22-24H,11-16,18-19H2,1-10H3. The number of carbonyl (C=O) groups excluding carboxylic acids is 3. The predicted molar refractivity (Wildman–Crippen MR) is 154 cm³/mol. The number of Topliss-reactive ketones (excluding diaryl/α,β-unsaturated/α-hetero) is 1. The number of ketones is 2. The molecule has 0 heterocycles. The van der Waals surface area contributed by atoms with Crippen LogP contribution in [-0.4, -0.2) is 52.0 Å². The molecule has 4 aliphatic carbocycles. The van der Waals surface area contributed by atoms with Crippen LogP contribution in [0.3, 0.4) is 0 Å². The van der Waals surface area contributed by atoms with Gasteiger partial charge in [0.15, 0.2) is 28.0 Å². The summed E-state index contributed by atoms with van der Waals surface area (Å²) >= 11 is 0. The van der Waals surface area contributed by atoms with E-state index < -0.39 is 39.2 Å². The van der Waals surface area contributed by atoms with E-state index in [1.165, 1.54) is 12.5 Å². The van der Waals surface area contributed by atoms with Crippen molar-refractivity contribution in [2.24, 2.45) is 28.6 Å². The molecule has 7 atom stereocenters. The zero-order chi connectivity index (χ0) is 28.5. The van der Waals surface area contributed by atoms with Crippen LogP contribution < -0.4 is 0 Å². The van der Waals surface area contributed by atoms with Crippen molar-refractivity contribution in [2.45, 2.75) is 123 Å². The van der Waals surface area contributed by atoms with E-state index in [1.54, 1.807) is 0 Å². The van der Waals surface area contributed by atoms with Crippen LogP contribution in [0.1, 0.15) is 72.6 Å². The molecular weight excluding hydrogens is 512 g/mol. The maximum atomic E-state index is 14.0. The van der Waals surface area contributed by atoms with Crippen molar-refractivity contribution in [3.63, 3.8) is 0 Å². The largest absolute Gasteiger partial charge is 0.451 e. The number of hydrogen-bond acceptors (Lipinski definition) is 6. The van der Waals surface area contributed by atoms with Gasteiger partial charge in [-0.15, -0.1) is 0 Å². The first kappa shape index (κ1) is 29.9. The van der Waals surface area contributed by atoms with Crippen LogP contribution in [0.2, 0.25) is 39.3 Å². The Morgan fingerprint density at radius 3 is 2.16 bits per heavy atom. The molecule has 0 aliphatic heterocycles. The lowest BCUT2D eigenvalue weighted by Crippen LogP contribution is -2.63. The van der Waals surface area contributed by atoms with Crippen molar-refractivity contribution in [1.82, 2.24) is 0 Å². The third-order valence-electron chi connectivity index (χ3n) is 10.3. The van der Waals surface area contributed by atoms with E-state index in [4.69, 9.17) is 13.6 Å².